The van der Waals surface area contributed by atoms with Gasteiger partial charge in [-0.05, 0) is 56.2 Å². The van der Waals surface area contributed by atoms with Crippen LogP contribution in [0.1, 0.15) is 31.4 Å². The zero-order valence-electron chi connectivity index (χ0n) is 17.7. The van der Waals surface area contributed by atoms with Gasteiger partial charge in [0.2, 0.25) is 0 Å². The van der Waals surface area contributed by atoms with Crippen molar-refractivity contribution in [3.63, 3.8) is 0 Å². The highest BCUT2D eigenvalue weighted by Gasteiger charge is 2.36. The summed E-state index contributed by atoms with van der Waals surface area (Å²) < 4.78 is 11.2. The average Bonchev–Trinajstić information content (AvgIpc) is 2.73. The van der Waals surface area contributed by atoms with Crippen LogP contribution < -0.4 is 19.7 Å². The number of aryl methyl sites for hydroxylation is 1. The first-order valence-electron chi connectivity index (χ1n) is 9.77. The third-order valence-electron chi connectivity index (χ3n) is 4.85. The lowest BCUT2D eigenvalue weighted by molar-refractivity contribution is -0.122. The van der Waals surface area contributed by atoms with Crippen LogP contribution in [0.25, 0.3) is 6.08 Å². The molecule has 2 aromatic rings. The summed E-state index contributed by atoms with van der Waals surface area (Å²) in [6, 6.07) is 9.21. The number of carbonyl (C=O) groups is 3. The number of hydrogen-bond donors (Lipinski definition) is 1. The van der Waals surface area contributed by atoms with Gasteiger partial charge >= 0.3 is 6.03 Å². The van der Waals surface area contributed by atoms with Crippen LogP contribution in [0.15, 0.2) is 42.0 Å². The lowest BCUT2D eigenvalue weighted by atomic mass is 10.1. The van der Waals surface area contributed by atoms with Crippen LogP contribution in [0.5, 0.6) is 11.5 Å². The van der Waals surface area contributed by atoms with E-state index in [1.807, 2.05) is 20.8 Å². The highest BCUT2D eigenvalue weighted by molar-refractivity contribution is 6.39. The van der Waals surface area contributed by atoms with Crippen molar-refractivity contribution in [2.24, 2.45) is 0 Å². The number of methoxy groups -OCH3 is 1. The summed E-state index contributed by atoms with van der Waals surface area (Å²) in [5.41, 5.74) is 1.59. The van der Waals surface area contributed by atoms with Gasteiger partial charge in [0.1, 0.15) is 5.57 Å². The van der Waals surface area contributed by atoms with Crippen molar-refractivity contribution in [1.82, 2.24) is 5.32 Å². The molecule has 7 nitrogen and oxygen atoms in total. The van der Waals surface area contributed by atoms with E-state index in [4.69, 9.17) is 21.1 Å². The Balaban J connectivity index is 2.00. The Hall–Kier alpha value is -3.32. The maximum atomic E-state index is 13.0. The molecule has 8 heteroatoms. The van der Waals surface area contributed by atoms with Crippen LogP contribution >= 0.6 is 11.6 Å². The monoisotopic (exact) mass is 442 g/mol. The highest BCUT2D eigenvalue weighted by Crippen LogP contribution is 2.38. The largest absolute Gasteiger partial charge is 0.493 e. The van der Waals surface area contributed by atoms with Crippen molar-refractivity contribution < 1.29 is 23.9 Å². The molecule has 0 aliphatic carbocycles. The van der Waals surface area contributed by atoms with Gasteiger partial charge in [0, 0.05) is 0 Å². The fourth-order valence-electron chi connectivity index (χ4n) is 2.97. The Bertz CT molecular complexity index is 1060. The number of halogens is 1. The Labute approximate surface area is 185 Å². The molecule has 1 N–H and O–H groups in total. The molecule has 31 heavy (non-hydrogen) atoms. The maximum Gasteiger partial charge on any atom is 0.335 e. The minimum Gasteiger partial charge on any atom is -0.493 e. The Kier molecular flexibility index (Phi) is 6.65. The number of carbonyl (C=O) groups excluding carboxylic acids is 3. The van der Waals surface area contributed by atoms with E-state index >= 15 is 0 Å². The molecule has 0 aromatic heterocycles. The smallest absolute Gasteiger partial charge is 0.335 e. The fraction of sp³-hybridized carbons (Fsp3) is 0.261. The lowest BCUT2D eigenvalue weighted by Crippen LogP contribution is -2.54. The Morgan fingerprint density at radius 3 is 2.45 bits per heavy atom. The molecule has 0 saturated carbocycles. The number of anilines is 1. The third kappa shape index (κ3) is 4.72. The number of ether oxygens (including phenoxy) is 2. The van der Waals surface area contributed by atoms with Crippen LogP contribution in [-0.2, 0) is 9.59 Å². The van der Waals surface area contributed by atoms with Gasteiger partial charge in [-0.25, -0.2) is 9.69 Å². The fourth-order valence-corrected chi connectivity index (χ4v) is 3.24. The van der Waals surface area contributed by atoms with Gasteiger partial charge in [-0.2, -0.15) is 0 Å². The second kappa shape index (κ2) is 9.22. The van der Waals surface area contributed by atoms with Crippen molar-refractivity contribution >= 4 is 41.2 Å². The zero-order chi connectivity index (χ0) is 22.7. The average molecular weight is 443 g/mol. The summed E-state index contributed by atoms with van der Waals surface area (Å²) in [7, 11) is 1.47. The number of urea groups is 1. The normalized spacial score (nSPS) is 16.4. The molecule has 1 atom stereocenters. The van der Waals surface area contributed by atoms with Gasteiger partial charge in [0.15, 0.2) is 11.5 Å². The first-order chi connectivity index (χ1) is 14.7. The lowest BCUT2D eigenvalue weighted by Gasteiger charge is -2.26. The second-order valence-electron chi connectivity index (χ2n) is 7.16. The van der Waals surface area contributed by atoms with Crippen LogP contribution in [0.2, 0.25) is 5.02 Å². The molecule has 162 valence electrons. The molecule has 3 rings (SSSR count). The number of amides is 4. The molecular weight excluding hydrogens is 420 g/mol. The summed E-state index contributed by atoms with van der Waals surface area (Å²) in [6.07, 6.45) is 2.07. The minimum absolute atomic E-state index is 0.0737. The number of barbiturate groups is 1. The third-order valence-corrected chi connectivity index (χ3v) is 5.13. The number of rotatable bonds is 6. The maximum absolute atomic E-state index is 13.0. The van der Waals surface area contributed by atoms with Gasteiger partial charge in [-0.15, -0.1) is 0 Å². The zero-order valence-corrected chi connectivity index (χ0v) is 18.4. The molecule has 0 radical (unpaired) electrons. The van der Waals surface area contributed by atoms with Gasteiger partial charge in [0.05, 0.1) is 23.9 Å². The molecule has 1 aliphatic rings. The van der Waals surface area contributed by atoms with Gasteiger partial charge in [-0.1, -0.05) is 36.2 Å². The van der Waals surface area contributed by atoms with E-state index in [-0.39, 0.29) is 16.7 Å². The molecular formula is C23H23ClN2O5. The Morgan fingerprint density at radius 2 is 1.84 bits per heavy atom. The van der Waals surface area contributed by atoms with Crippen LogP contribution in [-0.4, -0.2) is 31.1 Å². The summed E-state index contributed by atoms with van der Waals surface area (Å²) in [5, 5.41) is 2.48. The van der Waals surface area contributed by atoms with Crippen molar-refractivity contribution in [2.45, 2.75) is 33.3 Å². The van der Waals surface area contributed by atoms with Gasteiger partial charge in [0.25, 0.3) is 11.8 Å². The summed E-state index contributed by atoms with van der Waals surface area (Å²) in [5.74, 6) is -0.757. The van der Waals surface area contributed by atoms with Crippen molar-refractivity contribution in [3.8, 4) is 11.5 Å². The molecule has 0 spiro atoms. The van der Waals surface area contributed by atoms with E-state index in [1.54, 1.807) is 36.4 Å². The van der Waals surface area contributed by atoms with Crippen molar-refractivity contribution in [2.75, 3.05) is 12.0 Å². The van der Waals surface area contributed by atoms with Crippen molar-refractivity contribution in [3.05, 3.63) is 58.1 Å². The summed E-state index contributed by atoms with van der Waals surface area (Å²) in [6.45, 7) is 5.79. The van der Waals surface area contributed by atoms with E-state index in [0.717, 1.165) is 16.9 Å². The molecule has 0 bridgehead atoms. The van der Waals surface area contributed by atoms with Crippen molar-refractivity contribution in [1.29, 1.82) is 0 Å². The molecule has 1 aliphatic heterocycles. The quantitative estimate of drug-likeness (QED) is 0.526. The topological polar surface area (TPSA) is 84.9 Å². The molecule has 0 unspecified atom stereocenters. The molecule has 1 heterocycles. The molecule has 4 amide bonds. The number of nitrogens with one attached hydrogen (secondary N) is 1. The van der Waals surface area contributed by atoms with E-state index in [9.17, 15) is 14.4 Å². The van der Waals surface area contributed by atoms with E-state index in [2.05, 4.69) is 5.32 Å². The van der Waals surface area contributed by atoms with E-state index in [1.165, 1.54) is 13.2 Å². The summed E-state index contributed by atoms with van der Waals surface area (Å²) >= 11 is 6.38. The highest BCUT2D eigenvalue weighted by atomic mass is 35.5. The summed E-state index contributed by atoms with van der Waals surface area (Å²) in [4.78, 5) is 38.7. The second-order valence-corrected chi connectivity index (χ2v) is 7.57. The standard InChI is InChI=1S/C23H23ClN2O5/c1-5-14(3)31-20-18(24)11-15(12-19(20)30-4)10-17-21(27)25-23(29)26(22(17)28)16-8-6-13(2)7-9-16/h6-12,14H,5H2,1-4H3,(H,25,27,29)/b17-10+/t14-/m0/s1. The predicted octanol–water partition coefficient (Wildman–Crippen LogP) is 4.50. The van der Waals surface area contributed by atoms with Gasteiger partial charge in [-0.3, -0.25) is 14.9 Å². The van der Waals surface area contributed by atoms with Crippen LogP contribution in [0, 0.1) is 6.92 Å². The minimum atomic E-state index is -0.802. The predicted molar refractivity (Wildman–Crippen MR) is 119 cm³/mol. The first-order valence-corrected chi connectivity index (χ1v) is 10.1. The Morgan fingerprint density at radius 1 is 1.16 bits per heavy atom. The van der Waals surface area contributed by atoms with Gasteiger partial charge < -0.3 is 9.47 Å². The number of benzene rings is 2. The SMILES string of the molecule is CC[C@H](C)Oc1c(Cl)cc(/C=C2\C(=O)NC(=O)N(c3ccc(C)cc3)C2=O)cc1OC. The van der Waals surface area contributed by atoms with E-state index < -0.39 is 17.8 Å². The van der Waals surface area contributed by atoms with Crippen LogP contribution in [0.4, 0.5) is 10.5 Å². The number of hydrogen-bond acceptors (Lipinski definition) is 5. The molecule has 2 aromatic carbocycles. The number of imide groups is 2. The van der Waals surface area contributed by atoms with E-state index in [0.29, 0.717) is 22.7 Å². The first kappa shape index (κ1) is 22.4. The van der Waals surface area contributed by atoms with Crippen LogP contribution in [0.3, 0.4) is 0 Å². The molecule has 1 fully saturated rings. The number of nitrogens with zero attached hydrogens (tertiary/aromatic N) is 1. The molecule has 1 saturated heterocycles.